The molecule has 94 valence electrons. The Labute approximate surface area is 108 Å². The van der Waals surface area contributed by atoms with Crippen LogP contribution in [0.4, 0.5) is 0 Å². The van der Waals surface area contributed by atoms with Crippen LogP contribution in [-0.2, 0) is 19.4 Å². The summed E-state index contributed by atoms with van der Waals surface area (Å²) in [6.45, 7) is 2.68. The molecule has 2 N–H and O–H groups in total. The summed E-state index contributed by atoms with van der Waals surface area (Å²) in [5.74, 6) is 0. The molecule has 0 fully saturated rings. The lowest BCUT2D eigenvalue weighted by atomic mass is 10.0. The Morgan fingerprint density at radius 1 is 1.28 bits per heavy atom. The van der Waals surface area contributed by atoms with Crippen LogP contribution in [0.2, 0.25) is 0 Å². The summed E-state index contributed by atoms with van der Waals surface area (Å²) in [4.78, 5) is 4.55. The SMILES string of the molecule is Cc1ccc(-n2cnc3c2CCCC3)c(CN)c1. The minimum atomic E-state index is 0.573. The van der Waals surface area contributed by atoms with Crippen molar-refractivity contribution in [2.24, 2.45) is 5.73 Å². The molecule has 0 spiro atoms. The van der Waals surface area contributed by atoms with E-state index in [1.54, 1.807) is 0 Å². The van der Waals surface area contributed by atoms with E-state index in [-0.39, 0.29) is 0 Å². The lowest BCUT2D eigenvalue weighted by Crippen LogP contribution is -2.10. The molecule has 2 aromatic rings. The standard InChI is InChI=1S/C15H19N3/c1-11-6-7-14(12(8-11)9-16)18-10-17-13-4-2-3-5-15(13)18/h6-8,10H,2-5,9,16H2,1H3. The van der Waals surface area contributed by atoms with Gasteiger partial charge in [0.15, 0.2) is 0 Å². The van der Waals surface area contributed by atoms with Crippen LogP contribution < -0.4 is 5.73 Å². The van der Waals surface area contributed by atoms with Crippen molar-refractivity contribution in [2.75, 3.05) is 0 Å². The van der Waals surface area contributed by atoms with Gasteiger partial charge in [-0.3, -0.25) is 0 Å². The maximum Gasteiger partial charge on any atom is 0.0997 e. The molecule has 3 nitrogen and oxygen atoms in total. The van der Waals surface area contributed by atoms with Gasteiger partial charge in [0.05, 0.1) is 17.7 Å². The molecule has 3 rings (SSSR count). The fourth-order valence-corrected chi connectivity index (χ4v) is 2.79. The zero-order valence-electron chi connectivity index (χ0n) is 10.8. The molecule has 0 atom stereocenters. The number of aromatic nitrogens is 2. The Kier molecular flexibility index (Phi) is 2.92. The van der Waals surface area contributed by atoms with Gasteiger partial charge in [-0.05, 0) is 44.2 Å². The summed E-state index contributed by atoms with van der Waals surface area (Å²) in [5, 5.41) is 0. The first-order valence-electron chi connectivity index (χ1n) is 6.64. The molecule has 0 amide bonds. The van der Waals surface area contributed by atoms with Gasteiger partial charge in [-0.15, -0.1) is 0 Å². The average molecular weight is 241 g/mol. The van der Waals surface area contributed by atoms with Gasteiger partial charge in [0, 0.05) is 12.2 Å². The number of hydrogen-bond acceptors (Lipinski definition) is 2. The normalized spacial score (nSPS) is 14.6. The predicted octanol–water partition coefficient (Wildman–Crippen LogP) is 2.52. The van der Waals surface area contributed by atoms with Crippen LogP contribution in [0.25, 0.3) is 5.69 Å². The maximum absolute atomic E-state index is 5.87. The molecule has 0 saturated carbocycles. The lowest BCUT2D eigenvalue weighted by Gasteiger charge is -2.16. The van der Waals surface area contributed by atoms with Crippen LogP contribution in [0.5, 0.6) is 0 Å². The van der Waals surface area contributed by atoms with Gasteiger partial charge in [-0.1, -0.05) is 17.7 Å². The third-order valence-electron chi connectivity index (χ3n) is 3.74. The third-order valence-corrected chi connectivity index (χ3v) is 3.74. The molecule has 18 heavy (non-hydrogen) atoms. The number of nitrogens with zero attached hydrogens (tertiary/aromatic N) is 2. The average Bonchev–Trinajstić information content (AvgIpc) is 2.82. The van der Waals surface area contributed by atoms with Gasteiger partial charge < -0.3 is 10.3 Å². The van der Waals surface area contributed by atoms with E-state index in [0.717, 1.165) is 12.8 Å². The highest BCUT2D eigenvalue weighted by atomic mass is 15.1. The molecule has 0 saturated heterocycles. The van der Waals surface area contributed by atoms with E-state index >= 15 is 0 Å². The van der Waals surface area contributed by atoms with E-state index in [9.17, 15) is 0 Å². The van der Waals surface area contributed by atoms with Crippen molar-refractivity contribution in [1.82, 2.24) is 9.55 Å². The van der Waals surface area contributed by atoms with Gasteiger partial charge in [-0.2, -0.15) is 0 Å². The van der Waals surface area contributed by atoms with E-state index in [2.05, 4.69) is 34.7 Å². The predicted molar refractivity (Wildman–Crippen MR) is 72.8 cm³/mol. The van der Waals surface area contributed by atoms with Crippen LogP contribution in [0.15, 0.2) is 24.5 Å². The van der Waals surface area contributed by atoms with E-state index < -0.39 is 0 Å². The van der Waals surface area contributed by atoms with Crippen LogP contribution >= 0.6 is 0 Å². The minimum absolute atomic E-state index is 0.573. The number of nitrogens with two attached hydrogens (primary N) is 1. The Bertz CT molecular complexity index is 569. The Balaban J connectivity index is 2.12. The largest absolute Gasteiger partial charge is 0.326 e. The van der Waals surface area contributed by atoms with Gasteiger partial charge in [-0.25, -0.2) is 4.98 Å². The second kappa shape index (κ2) is 4.58. The third kappa shape index (κ3) is 1.85. The monoisotopic (exact) mass is 241 g/mol. The Morgan fingerprint density at radius 3 is 2.94 bits per heavy atom. The van der Waals surface area contributed by atoms with E-state index in [0.29, 0.717) is 6.54 Å². The zero-order valence-corrected chi connectivity index (χ0v) is 10.8. The zero-order chi connectivity index (χ0) is 12.5. The summed E-state index contributed by atoms with van der Waals surface area (Å²) in [7, 11) is 0. The van der Waals surface area contributed by atoms with Gasteiger partial charge in [0.25, 0.3) is 0 Å². The highest BCUT2D eigenvalue weighted by molar-refractivity contribution is 5.45. The van der Waals surface area contributed by atoms with Gasteiger partial charge in [0.2, 0.25) is 0 Å². The van der Waals surface area contributed by atoms with E-state index in [4.69, 9.17) is 5.73 Å². The molecule has 1 aromatic heterocycles. The first-order chi connectivity index (χ1) is 8.79. The molecule has 1 aliphatic rings. The molecule has 1 aromatic carbocycles. The van der Waals surface area contributed by atoms with Crippen LogP contribution in [0.1, 0.15) is 35.4 Å². The van der Waals surface area contributed by atoms with Crippen molar-refractivity contribution in [3.8, 4) is 5.69 Å². The molecule has 0 unspecified atom stereocenters. The number of aryl methyl sites for hydroxylation is 2. The Hall–Kier alpha value is -1.61. The van der Waals surface area contributed by atoms with Crippen molar-refractivity contribution < 1.29 is 0 Å². The number of imidazole rings is 1. The van der Waals surface area contributed by atoms with Gasteiger partial charge in [0.1, 0.15) is 0 Å². The number of rotatable bonds is 2. The number of fused-ring (bicyclic) bond motifs is 1. The highest BCUT2D eigenvalue weighted by Gasteiger charge is 2.17. The molecule has 0 aliphatic heterocycles. The number of benzene rings is 1. The summed E-state index contributed by atoms with van der Waals surface area (Å²) in [5.41, 5.74) is 12.2. The van der Waals surface area contributed by atoms with Crippen molar-refractivity contribution in [2.45, 2.75) is 39.2 Å². The Morgan fingerprint density at radius 2 is 2.11 bits per heavy atom. The number of hydrogen-bond donors (Lipinski definition) is 1. The topological polar surface area (TPSA) is 43.8 Å². The highest BCUT2D eigenvalue weighted by Crippen LogP contribution is 2.25. The summed E-state index contributed by atoms with van der Waals surface area (Å²) in [6, 6.07) is 6.47. The molecule has 3 heteroatoms. The second-order valence-corrected chi connectivity index (χ2v) is 5.05. The van der Waals surface area contributed by atoms with E-state index in [1.807, 2.05) is 6.33 Å². The fourth-order valence-electron chi connectivity index (χ4n) is 2.79. The molecule has 1 heterocycles. The van der Waals surface area contributed by atoms with Crippen molar-refractivity contribution in [1.29, 1.82) is 0 Å². The van der Waals surface area contributed by atoms with Crippen LogP contribution in [-0.4, -0.2) is 9.55 Å². The van der Waals surface area contributed by atoms with Gasteiger partial charge >= 0.3 is 0 Å². The molecule has 0 radical (unpaired) electrons. The molecule has 0 bridgehead atoms. The first kappa shape index (κ1) is 11.5. The molecular formula is C15H19N3. The summed E-state index contributed by atoms with van der Waals surface area (Å²) < 4.78 is 2.23. The fraction of sp³-hybridized carbons (Fsp3) is 0.400. The molecule has 1 aliphatic carbocycles. The molecular weight excluding hydrogens is 222 g/mol. The maximum atomic E-state index is 5.87. The van der Waals surface area contributed by atoms with Crippen molar-refractivity contribution >= 4 is 0 Å². The van der Waals surface area contributed by atoms with Crippen LogP contribution in [0.3, 0.4) is 0 Å². The van der Waals surface area contributed by atoms with E-state index in [1.165, 1.54) is 41.0 Å². The van der Waals surface area contributed by atoms with Crippen molar-refractivity contribution in [3.63, 3.8) is 0 Å². The second-order valence-electron chi connectivity index (χ2n) is 5.05. The van der Waals surface area contributed by atoms with Crippen LogP contribution in [0, 0.1) is 6.92 Å². The summed E-state index contributed by atoms with van der Waals surface area (Å²) in [6.07, 6.45) is 6.74. The first-order valence-corrected chi connectivity index (χ1v) is 6.64. The van der Waals surface area contributed by atoms with Crippen molar-refractivity contribution in [3.05, 3.63) is 47.0 Å². The lowest BCUT2D eigenvalue weighted by molar-refractivity contribution is 0.655. The quantitative estimate of drug-likeness (QED) is 0.878. The summed E-state index contributed by atoms with van der Waals surface area (Å²) >= 11 is 0. The smallest absolute Gasteiger partial charge is 0.0997 e. The minimum Gasteiger partial charge on any atom is -0.326 e.